The third kappa shape index (κ3) is 4.61. The van der Waals surface area contributed by atoms with E-state index in [1.807, 2.05) is 0 Å². The predicted octanol–water partition coefficient (Wildman–Crippen LogP) is 3.16. The van der Waals surface area contributed by atoms with Gasteiger partial charge in [-0.25, -0.2) is 4.79 Å². The molecule has 0 spiro atoms. The zero-order valence-electron chi connectivity index (χ0n) is 13.2. The zero-order chi connectivity index (χ0) is 15.4. The van der Waals surface area contributed by atoms with Crippen LogP contribution in [0.5, 0.6) is 0 Å². The number of carbonyl (C=O) groups excluding carboxylic acids is 2. The fourth-order valence-electron chi connectivity index (χ4n) is 3.27. The molecule has 4 atom stereocenters. The smallest absolute Gasteiger partial charge is 0.465 e. The van der Waals surface area contributed by atoms with E-state index in [1.165, 1.54) is 6.42 Å². The highest BCUT2D eigenvalue weighted by atomic mass is 16.7. The molecule has 0 aromatic rings. The number of hydrogen-bond acceptors (Lipinski definition) is 5. The fraction of sp³-hybridized carbons (Fsp3) is 0.875. The second-order valence-corrected chi connectivity index (χ2v) is 6.80. The maximum absolute atomic E-state index is 11.9. The second-order valence-electron chi connectivity index (χ2n) is 6.80. The molecule has 2 rings (SSSR count). The van der Waals surface area contributed by atoms with Crippen LogP contribution in [0.3, 0.4) is 0 Å². The summed E-state index contributed by atoms with van der Waals surface area (Å²) in [6, 6.07) is 0. The highest BCUT2D eigenvalue weighted by molar-refractivity contribution is 5.71. The largest absolute Gasteiger partial charge is 0.508 e. The third-order valence-corrected chi connectivity index (χ3v) is 4.58. The Kier molecular flexibility index (Phi) is 5.48. The lowest BCUT2D eigenvalue weighted by Gasteiger charge is -2.36. The molecule has 5 heteroatoms. The van der Waals surface area contributed by atoms with Crippen molar-refractivity contribution in [3.8, 4) is 0 Å². The summed E-state index contributed by atoms with van der Waals surface area (Å²) < 4.78 is 15.5. The van der Waals surface area contributed by atoms with Gasteiger partial charge < -0.3 is 14.2 Å². The molecule has 0 aromatic heterocycles. The Balaban J connectivity index is 1.78. The summed E-state index contributed by atoms with van der Waals surface area (Å²) in [7, 11) is 0. The highest BCUT2D eigenvalue weighted by Gasteiger charge is 2.34. The van der Waals surface area contributed by atoms with Crippen LogP contribution in [0.4, 0.5) is 4.79 Å². The molecule has 1 saturated carbocycles. The number of carbonyl (C=O) groups is 2. The Morgan fingerprint density at radius 3 is 2.76 bits per heavy atom. The van der Waals surface area contributed by atoms with Crippen molar-refractivity contribution in [2.24, 2.45) is 23.7 Å². The van der Waals surface area contributed by atoms with Crippen LogP contribution in [0, 0.1) is 23.7 Å². The molecule has 0 N–H and O–H groups in total. The Hall–Kier alpha value is -1.26. The predicted molar refractivity (Wildman–Crippen MR) is 76.6 cm³/mol. The molecule has 2 fully saturated rings. The third-order valence-electron chi connectivity index (χ3n) is 4.58. The van der Waals surface area contributed by atoms with Crippen molar-refractivity contribution >= 4 is 12.1 Å². The molecule has 1 aliphatic carbocycles. The second kappa shape index (κ2) is 7.14. The average molecular weight is 298 g/mol. The van der Waals surface area contributed by atoms with Gasteiger partial charge in [-0.15, -0.1) is 0 Å². The van der Waals surface area contributed by atoms with E-state index < -0.39 is 6.16 Å². The van der Waals surface area contributed by atoms with E-state index in [-0.39, 0.29) is 24.6 Å². The Morgan fingerprint density at radius 2 is 2.14 bits per heavy atom. The molecule has 0 bridgehead atoms. The summed E-state index contributed by atoms with van der Waals surface area (Å²) in [4.78, 5) is 22.8. The quantitative estimate of drug-likeness (QED) is 0.746. The molecule has 0 unspecified atom stereocenters. The highest BCUT2D eigenvalue weighted by Crippen LogP contribution is 2.35. The molecule has 120 valence electrons. The fourth-order valence-corrected chi connectivity index (χ4v) is 3.27. The summed E-state index contributed by atoms with van der Waals surface area (Å²) in [6.07, 6.45) is 2.86. The van der Waals surface area contributed by atoms with Gasteiger partial charge in [-0.2, -0.15) is 0 Å². The minimum absolute atomic E-state index is 0.0313. The Labute approximate surface area is 126 Å². The standard InChI is InChI=1S/C16H26O5/c1-10(2)13-5-4-11(3)6-14(13)21-16(18)20-9-12-7-15(17)19-8-12/h10-14H,4-9H2,1-3H3/t11-,12+,13+,14-/m0/s1. The van der Waals surface area contributed by atoms with Crippen molar-refractivity contribution in [3.05, 3.63) is 0 Å². The molecule has 0 amide bonds. The summed E-state index contributed by atoms with van der Waals surface area (Å²) in [5.74, 6) is 1.23. The van der Waals surface area contributed by atoms with Crippen LogP contribution in [-0.4, -0.2) is 31.4 Å². The van der Waals surface area contributed by atoms with Crippen LogP contribution in [0.2, 0.25) is 0 Å². The SMILES string of the molecule is CC(C)[C@H]1CC[C@H](C)C[C@@H]1OC(=O)OC[C@H]1COC(=O)C1. The lowest BCUT2D eigenvalue weighted by atomic mass is 9.75. The molecule has 1 aliphatic heterocycles. The number of esters is 1. The van der Waals surface area contributed by atoms with Gasteiger partial charge in [0.2, 0.25) is 0 Å². The van der Waals surface area contributed by atoms with Crippen LogP contribution >= 0.6 is 0 Å². The zero-order valence-corrected chi connectivity index (χ0v) is 13.2. The maximum atomic E-state index is 11.9. The summed E-state index contributed by atoms with van der Waals surface area (Å²) >= 11 is 0. The Morgan fingerprint density at radius 1 is 1.38 bits per heavy atom. The van der Waals surface area contributed by atoms with Gasteiger partial charge in [0.25, 0.3) is 0 Å². The first-order valence-corrected chi connectivity index (χ1v) is 7.94. The topological polar surface area (TPSA) is 61.8 Å². The molecule has 0 radical (unpaired) electrons. The van der Waals surface area contributed by atoms with Crippen molar-refractivity contribution in [2.45, 2.75) is 52.6 Å². The van der Waals surface area contributed by atoms with Crippen molar-refractivity contribution < 1.29 is 23.8 Å². The van der Waals surface area contributed by atoms with Crippen LogP contribution in [-0.2, 0) is 19.0 Å². The van der Waals surface area contributed by atoms with Gasteiger partial charge in [-0.3, -0.25) is 4.79 Å². The maximum Gasteiger partial charge on any atom is 0.508 e. The lowest BCUT2D eigenvalue weighted by molar-refractivity contribution is -0.137. The van der Waals surface area contributed by atoms with Gasteiger partial charge in [-0.1, -0.05) is 27.2 Å². The molecule has 21 heavy (non-hydrogen) atoms. The molecule has 1 saturated heterocycles. The van der Waals surface area contributed by atoms with E-state index >= 15 is 0 Å². The van der Waals surface area contributed by atoms with Gasteiger partial charge in [0.1, 0.15) is 12.7 Å². The van der Waals surface area contributed by atoms with E-state index in [4.69, 9.17) is 14.2 Å². The van der Waals surface area contributed by atoms with E-state index in [0.29, 0.717) is 30.8 Å². The van der Waals surface area contributed by atoms with E-state index in [9.17, 15) is 9.59 Å². The van der Waals surface area contributed by atoms with Gasteiger partial charge in [0.15, 0.2) is 0 Å². The van der Waals surface area contributed by atoms with Crippen LogP contribution < -0.4 is 0 Å². The Bertz CT molecular complexity index is 379. The molecule has 5 nitrogen and oxygen atoms in total. The van der Waals surface area contributed by atoms with Crippen LogP contribution in [0.15, 0.2) is 0 Å². The first-order chi connectivity index (χ1) is 9.95. The summed E-state index contributed by atoms with van der Waals surface area (Å²) in [6.45, 7) is 7.06. The van der Waals surface area contributed by atoms with Crippen LogP contribution in [0.25, 0.3) is 0 Å². The van der Waals surface area contributed by atoms with Crippen molar-refractivity contribution in [1.29, 1.82) is 0 Å². The molecular weight excluding hydrogens is 272 g/mol. The van der Waals surface area contributed by atoms with Crippen molar-refractivity contribution in [3.63, 3.8) is 0 Å². The van der Waals surface area contributed by atoms with Gasteiger partial charge in [-0.05, 0) is 30.6 Å². The molecule has 1 heterocycles. The average Bonchev–Trinajstić information content (AvgIpc) is 2.82. The summed E-state index contributed by atoms with van der Waals surface area (Å²) in [5.41, 5.74) is 0. The van der Waals surface area contributed by atoms with Gasteiger partial charge >= 0.3 is 12.1 Å². The number of hydrogen-bond donors (Lipinski definition) is 0. The molecule has 2 aliphatic rings. The van der Waals surface area contributed by atoms with Gasteiger partial charge in [0.05, 0.1) is 13.0 Å². The van der Waals surface area contributed by atoms with E-state index in [1.54, 1.807) is 0 Å². The minimum atomic E-state index is -0.612. The summed E-state index contributed by atoms with van der Waals surface area (Å²) in [5, 5.41) is 0. The molecular formula is C16H26O5. The minimum Gasteiger partial charge on any atom is -0.465 e. The van der Waals surface area contributed by atoms with Crippen LogP contribution in [0.1, 0.15) is 46.5 Å². The number of cyclic esters (lactones) is 1. The number of rotatable bonds is 4. The normalized spacial score (nSPS) is 32.9. The van der Waals surface area contributed by atoms with Crippen molar-refractivity contribution in [2.75, 3.05) is 13.2 Å². The number of ether oxygens (including phenoxy) is 3. The van der Waals surface area contributed by atoms with E-state index in [0.717, 1.165) is 12.8 Å². The first kappa shape index (κ1) is 16.1. The van der Waals surface area contributed by atoms with E-state index in [2.05, 4.69) is 20.8 Å². The lowest BCUT2D eigenvalue weighted by Crippen LogP contribution is -2.36. The van der Waals surface area contributed by atoms with Gasteiger partial charge in [0, 0.05) is 5.92 Å². The monoisotopic (exact) mass is 298 g/mol. The molecule has 0 aromatic carbocycles. The van der Waals surface area contributed by atoms with Crippen molar-refractivity contribution in [1.82, 2.24) is 0 Å². The first-order valence-electron chi connectivity index (χ1n) is 7.94.